The fraction of sp³-hybridized carbons (Fsp3) is 0.900. The number of carboxylic acid groups (broad SMARTS) is 3. The number of carbonyl (C=O) groups is 3. The average Bonchev–Trinajstić information content (AvgIpc) is 2.85. The maximum absolute atomic E-state index is 9.92. The van der Waals surface area contributed by atoms with Gasteiger partial charge in [0.05, 0.1) is 0 Å². The topological polar surface area (TPSA) is 120 Å². The van der Waals surface area contributed by atoms with Gasteiger partial charge in [-0.05, 0) is 38.5 Å². The van der Waals surface area contributed by atoms with Crippen LogP contribution in [0.2, 0.25) is 4.44 Å². The predicted octanol–water partition coefficient (Wildman–Crippen LogP) is 5.44. The Labute approximate surface area is 242 Å². The predicted molar refractivity (Wildman–Crippen MR) is 150 cm³/mol. The molecule has 37 heavy (non-hydrogen) atoms. The second kappa shape index (κ2) is 42.3. The van der Waals surface area contributed by atoms with Gasteiger partial charge in [-0.3, -0.25) is 0 Å². The normalized spacial score (nSPS) is 9.68. The summed E-state index contributed by atoms with van der Waals surface area (Å²) in [7, 11) is 0. The first-order valence-electron chi connectivity index (χ1n) is 15.0. The third-order valence-electron chi connectivity index (χ3n) is 5.48. The van der Waals surface area contributed by atoms with Gasteiger partial charge in [-0.2, -0.15) is 0 Å². The van der Waals surface area contributed by atoms with E-state index in [1.807, 2.05) is 0 Å². The SMILES string of the molecule is CCCCCCCC(=O)[O-].CCCCCCCC(=O)[O-].CCCCCCCC(=O)[O-].CCCCC[CH2][Sn+3]. The zero-order valence-electron chi connectivity index (χ0n) is 24.7. The summed E-state index contributed by atoms with van der Waals surface area (Å²) < 4.78 is 1.45. The van der Waals surface area contributed by atoms with Gasteiger partial charge in [0.1, 0.15) is 0 Å². The van der Waals surface area contributed by atoms with Crippen LogP contribution in [0.5, 0.6) is 0 Å². The van der Waals surface area contributed by atoms with Gasteiger partial charge in [0.15, 0.2) is 0 Å². The molecular formula is C30H58O6Sn. The monoisotopic (exact) mass is 634 g/mol. The van der Waals surface area contributed by atoms with Crippen molar-refractivity contribution in [2.45, 2.75) is 173 Å². The molecule has 0 heterocycles. The van der Waals surface area contributed by atoms with Gasteiger partial charge in [-0.1, -0.05) is 97.8 Å². The van der Waals surface area contributed by atoms with Crippen LogP contribution in [0.1, 0.15) is 169 Å². The van der Waals surface area contributed by atoms with E-state index in [9.17, 15) is 29.7 Å². The molecule has 0 bridgehead atoms. The molecule has 0 radical (unpaired) electrons. The summed E-state index contributed by atoms with van der Waals surface area (Å²) in [5.41, 5.74) is 0. The third kappa shape index (κ3) is 66.3. The molecule has 0 aromatic heterocycles. The van der Waals surface area contributed by atoms with Crippen molar-refractivity contribution in [2.24, 2.45) is 0 Å². The second-order valence-corrected chi connectivity index (χ2v) is 10.8. The van der Waals surface area contributed by atoms with E-state index in [4.69, 9.17) is 0 Å². The molecule has 0 saturated carbocycles. The number of hydrogen-bond donors (Lipinski definition) is 0. The van der Waals surface area contributed by atoms with Crippen molar-refractivity contribution in [3.63, 3.8) is 0 Å². The molecule has 0 amide bonds. The van der Waals surface area contributed by atoms with Gasteiger partial charge in [-0.15, -0.1) is 0 Å². The Morgan fingerprint density at radius 1 is 0.405 bits per heavy atom. The minimum atomic E-state index is -0.920. The van der Waals surface area contributed by atoms with Crippen molar-refractivity contribution in [3.05, 3.63) is 0 Å². The van der Waals surface area contributed by atoms with Crippen molar-refractivity contribution >= 4 is 40.4 Å². The van der Waals surface area contributed by atoms with Crippen LogP contribution >= 0.6 is 0 Å². The Balaban J connectivity index is -0.000000198. The molecule has 0 aliphatic heterocycles. The van der Waals surface area contributed by atoms with Crippen molar-refractivity contribution in [2.75, 3.05) is 0 Å². The Kier molecular flexibility index (Phi) is 49.5. The molecule has 0 aromatic carbocycles. The average molecular weight is 633 g/mol. The van der Waals surface area contributed by atoms with Crippen LogP contribution in [0.3, 0.4) is 0 Å². The number of unbranched alkanes of at least 4 members (excludes halogenated alkanes) is 15. The summed E-state index contributed by atoms with van der Waals surface area (Å²) in [6, 6.07) is 0. The van der Waals surface area contributed by atoms with E-state index < -0.39 is 17.9 Å². The molecule has 0 atom stereocenters. The van der Waals surface area contributed by atoms with E-state index in [0.29, 0.717) is 0 Å². The number of hydrogen-bond acceptors (Lipinski definition) is 6. The first-order valence-corrected chi connectivity index (χ1v) is 17.0. The van der Waals surface area contributed by atoms with Gasteiger partial charge in [-0.25, -0.2) is 0 Å². The summed E-state index contributed by atoms with van der Waals surface area (Å²) in [5.74, 6) is -2.76. The molecule has 0 aliphatic carbocycles. The number of carbonyl (C=O) groups excluding carboxylic acids is 3. The summed E-state index contributed by atoms with van der Waals surface area (Å²) in [5, 5.41) is 29.8. The first-order chi connectivity index (χ1) is 17.7. The van der Waals surface area contributed by atoms with Gasteiger partial charge < -0.3 is 29.7 Å². The Morgan fingerprint density at radius 3 is 0.811 bits per heavy atom. The second-order valence-electron chi connectivity index (χ2n) is 9.42. The molecule has 0 unspecified atom stereocenters. The van der Waals surface area contributed by atoms with E-state index >= 15 is 0 Å². The maximum atomic E-state index is 9.92. The molecule has 0 rings (SSSR count). The summed E-state index contributed by atoms with van der Waals surface area (Å²) in [4.78, 5) is 29.8. The van der Waals surface area contributed by atoms with Crippen LogP contribution in [-0.4, -0.2) is 40.4 Å². The van der Waals surface area contributed by atoms with E-state index in [2.05, 4.69) is 27.7 Å². The molecule has 0 fully saturated rings. The molecular weight excluding hydrogens is 575 g/mol. The Hall–Kier alpha value is -0.791. The van der Waals surface area contributed by atoms with E-state index in [-0.39, 0.29) is 19.3 Å². The van der Waals surface area contributed by atoms with Crippen LogP contribution in [0, 0.1) is 0 Å². The van der Waals surface area contributed by atoms with Gasteiger partial charge in [0.2, 0.25) is 0 Å². The van der Waals surface area contributed by atoms with Gasteiger partial charge in [0, 0.05) is 17.9 Å². The number of aliphatic carboxylic acids is 3. The van der Waals surface area contributed by atoms with Crippen molar-refractivity contribution in [1.82, 2.24) is 0 Å². The van der Waals surface area contributed by atoms with Crippen LogP contribution in [0.25, 0.3) is 0 Å². The van der Waals surface area contributed by atoms with Crippen LogP contribution in [-0.2, 0) is 14.4 Å². The quantitative estimate of drug-likeness (QED) is 0.116. The number of rotatable bonds is 22. The zero-order valence-corrected chi connectivity index (χ0v) is 27.6. The van der Waals surface area contributed by atoms with Gasteiger partial charge in [0.25, 0.3) is 0 Å². The molecule has 218 valence electrons. The minimum absolute atomic E-state index is 0.226. The molecule has 0 N–H and O–H groups in total. The molecule has 0 saturated heterocycles. The molecule has 0 aromatic rings. The summed E-state index contributed by atoms with van der Waals surface area (Å²) in [6.45, 7) is 8.67. The third-order valence-corrected chi connectivity index (χ3v) is 6.49. The van der Waals surface area contributed by atoms with Gasteiger partial charge >= 0.3 is 59.6 Å². The van der Waals surface area contributed by atoms with Crippen molar-refractivity contribution in [1.29, 1.82) is 0 Å². The molecule has 6 nitrogen and oxygen atoms in total. The van der Waals surface area contributed by atoms with Crippen LogP contribution in [0.4, 0.5) is 0 Å². The van der Waals surface area contributed by atoms with E-state index in [1.54, 1.807) is 22.5 Å². The standard InChI is InChI=1S/3C8H16O2.C6H13.Sn/c3*1-2-3-4-5-6-7-8(9)10;1-3-5-6-4-2;/h3*2-7H2,1H3,(H,9,10);1,3-6H2,2H3;/q;;;;+3/p-3. The van der Waals surface area contributed by atoms with Crippen molar-refractivity contribution < 1.29 is 29.7 Å². The van der Waals surface area contributed by atoms with E-state index in [1.165, 1.54) is 68.6 Å². The molecule has 7 heteroatoms. The summed E-state index contributed by atoms with van der Waals surface area (Å²) >= 11 is 1.70. The van der Waals surface area contributed by atoms with Crippen LogP contribution < -0.4 is 15.3 Å². The fourth-order valence-corrected chi connectivity index (χ4v) is 3.88. The molecule has 0 aliphatic rings. The van der Waals surface area contributed by atoms with Crippen LogP contribution in [0.15, 0.2) is 0 Å². The van der Waals surface area contributed by atoms with Crippen molar-refractivity contribution in [3.8, 4) is 0 Å². The van der Waals surface area contributed by atoms with E-state index in [0.717, 1.165) is 57.8 Å². The fourth-order valence-electron chi connectivity index (χ4n) is 3.17. The number of carboxylic acids is 3. The first kappa shape index (κ1) is 43.3. The summed E-state index contributed by atoms with van der Waals surface area (Å²) in [6.07, 6.45) is 22.6. The Morgan fingerprint density at radius 2 is 0.622 bits per heavy atom. The zero-order chi connectivity index (χ0) is 29.0. The Bertz CT molecular complexity index is 396. The molecule has 0 spiro atoms.